The Morgan fingerprint density at radius 2 is 2.18 bits per heavy atom. The lowest BCUT2D eigenvalue weighted by Crippen LogP contribution is -1.99. The first-order chi connectivity index (χ1) is 8.08. The van der Waals surface area contributed by atoms with E-state index in [1.165, 1.54) is 10.9 Å². The molecule has 0 aliphatic carbocycles. The second-order valence-electron chi connectivity index (χ2n) is 4.22. The molecule has 1 aromatic heterocycles. The Morgan fingerprint density at radius 3 is 2.88 bits per heavy atom. The van der Waals surface area contributed by atoms with E-state index in [-0.39, 0.29) is 0 Å². The van der Waals surface area contributed by atoms with Crippen molar-refractivity contribution in [3.63, 3.8) is 0 Å². The van der Waals surface area contributed by atoms with Gasteiger partial charge in [-0.25, -0.2) is 4.79 Å². The highest BCUT2D eigenvalue weighted by Gasteiger charge is 2.02. The molecule has 0 atom stereocenters. The average Bonchev–Trinajstić information content (AvgIpc) is 2.67. The van der Waals surface area contributed by atoms with E-state index in [0.717, 1.165) is 5.52 Å². The van der Waals surface area contributed by atoms with Gasteiger partial charge >= 0.3 is 5.97 Å². The van der Waals surface area contributed by atoms with Gasteiger partial charge in [-0.3, -0.25) is 0 Å². The number of nitrogens with zero attached hydrogens (tertiary/aromatic N) is 1. The van der Waals surface area contributed by atoms with Gasteiger partial charge in [0.15, 0.2) is 0 Å². The Labute approximate surface area is 100.0 Å². The second-order valence-corrected chi connectivity index (χ2v) is 4.22. The molecule has 0 aliphatic heterocycles. The van der Waals surface area contributed by atoms with Crippen LogP contribution in [0, 0.1) is 6.92 Å². The number of fused-ring (bicyclic) bond motifs is 1. The summed E-state index contributed by atoms with van der Waals surface area (Å²) in [6, 6.07) is 8.30. The molecule has 2 aromatic rings. The van der Waals surface area contributed by atoms with Crippen molar-refractivity contribution in [2.75, 3.05) is 0 Å². The van der Waals surface area contributed by atoms with Gasteiger partial charge in [0, 0.05) is 23.8 Å². The highest BCUT2D eigenvalue weighted by molar-refractivity contribution is 5.86. The van der Waals surface area contributed by atoms with Gasteiger partial charge < -0.3 is 9.67 Å². The van der Waals surface area contributed by atoms with E-state index < -0.39 is 5.97 Å². The third kappa shape index (κ3) is 2.38. The van der Waals surface area contributed by atoms with E-state index in [4.69, 9.17) is 5.11 Å². The smallest absolute Gasteiger partial charge is 0.331 e. The summed E-state index contributed by atoms with van der Waals surface area (Å²) < 4.78 is 2.04. The van der Waals surface area contributed by atoms with Gasteiger partial charge in [-0.2, -0.15) is 0 Å². The average molecular weight is 229 g/mol. The lowest BCUT2D eigenvalue weighted by Gasteiger charge is -2.02. The van der Waals surface area contributed by atoms with Crippen LogP contribution in [0.15, 0.2) is 42.1 Å². The molecule has 0 fully saturated rings. The van der Waals surface area contributed by atoms with Crippen molar-refractivity contribution in [3.05, 3.63) is 47.7 Å². The third-order valence-electron chi connectivity index (χ3n) is 2.86. The van der Waals surface area contributed by atoms with Crippen molar-refractivity contribution in [1.82, 2.24) is 4.57 Å². The van der Waals surface area contributed by atoms with E-state index in [1.807, 2.05) is 16.8 Å². The summed E-state index contributed by atoms with van der Waals surface area (Å²) >= 11 is 0. The number of carboxylic acid groups (broad SMARTS) is 1. The summed E-state index contributed by atoms with van der Waals surface area (Å²) in [6.07, 6.45) is 3.71. The molecule has 0 saturated carbocycles. The van der Waals surface area contributed by atoms with Crippen molar-refractivity contribution in [1.29, 1.82) is 0 Å². The molecule has 0 aliphatic rings. The molecular formula is C14H15NO2. The Bertz CT molecular complexity index is 593. The second kappa shape index (κ2) is 4.45. The predicted octanol–water partition coefficient (Wildman–Crippen LogP) is 2.98. The lowest BCUT2D eigenvalue weighted by atomic mass is 10.2. The third-order valence-corrected chi connectivity index (χ3v) is 2.86. The Morgan fingerprint density at radius 1 is 1.41 bits per heavy atom. The van der Waals surface area contributed by atoms with Gasteiger partial charge in [0.1, 0.15) is 0 Å². The van der Waals surface area contributed by atoms with Crippen molar-refractivity contribution in [3.8, 4) is 0 Å². The first-order valence-electron chi connectivity index (χ1n) is 5.53. The van der Waals surface area contributed by atoms with Crippen LogP contribution in [0.3, 0.4) is 0 Å². The normalized spacial score (nSPS) is 12.0. The molecule has 88 valence electrons. The Kier molecular flexibility index (Phi) is 3.00. The molecule has 3 nitrogen and oxygen atoms in total. The minimum Gasteiger partial charge on any atom is -0.478 e. The first-order valence-corrected chi connectivity index (χ1v) is 5.53. The molecule has 0 spiro atoms. The van der Waals surface area contributed by atoms with Crippen molar-refractivity contribution >= 4 is 16.9 Å². The molecule has 1 aromatic carbocycles. The number of aromatic nitrogens is 1. The number of hydrogen-bond donors (Lipinski definition) is 1. The first kappa shape index (κ1) is 11.5. The van der Waals surface area contributed by atoms with Crippen LogP contribution in [-0.4, -0.2) is 15.6 Å². The quantitative estimate of drug-likeness (QED) is 0.822. The van der Waals surface area contributed by atoms with Crippen LogP contribution < -0.4 is 0 Å². The van der Waals surface area contributed by atoms with Crippen LogP contribution in [-0.2, 0) is 11.3 Å². The fourth-order valence-electron chi connectivity index (χ4n) is 1.80. The monoisotopic (exact) mass is 229 g/mol. The summed E-state index contributed by atoms with van der Waals surface area (Å²) in [5.74, 6) is -0.864. The molecular weight excluding hydrogens is 214 g/mol. The molecule has 0 bridgehead atoms. The zero-order valence-electron chi connectivity index (χ0n) is 9.97. The molecule has 0 radical (unpaired) electrons. The maximum Gasteiger partial charge on any atom is 0.331 e. The number of aryl methyl sites for hydroxylation is 1. The molecule has 0 unspecified atom stereocenters. The Balaban J connectivity index is 2.31. The zero-order valence-corrected chi connectivity index (χ0v) is 9.97. The zero-order chi connectivity index (χ0) is 12.4. The highest BCUT2D eigenvalue weighted by Crippen LogP contribution is 2.17. The van der Waals surface area contributed by atoms with Gasteiger partial charge in [-0.1, -0.05) is 17.7 Å². The molecule has 1 heterocycles. The molecule has 1 N–H and O–H groups in total. The molecule has 17 heavy (non-hydrogen) atoms. The van der Waals surface area contributed by atoms with Crippen LogP contribution in [0.4, 0.5) is 0 Å². The standard InChI is InChI=1S/C14H15NO2/c1-10-3-4-13-12(9-10)6-8-15(13)7-5-11(2)14(16)17/h3-6,8-9H,7H2,1-2H3,(H,16,17). The van der Waals surface area contributed by atoms with E-state index in [2.05, 4.69) is 25.1 Å². The minimum atomic E-state index is -0.864. The summed E-state index contributed by atoms with van der Waals surface area (Å²) in [7, 11) is 0. The summed E-state index contributed by atoms with van der Waals surface area (Å²) in [5, 5.41) is 9.97. The summed E-state index contributed by atoms with van der Waals surface area (Å²) in [4.78, 5) is 10.7. The fraction of sp³-hybridized carbons (Fsp3) is 0.214. The maximum absolute atomic E-state index is 10.7. The molecule has 3 heteroatoms. The van der Waals surface area contributed by atoms with Gasteiger partial charge in [0.2, 0.25) is 0 Å². The van der Waals surface area contributed by atoms with Gasteiger partial charge in [0.25, 0.3) is 0 Å². The number of aliphatic carboxylic acids is 1. The van der Waals surface area contributed by atoms with Crippen LogP contribution >= 0.6 is 0 Å². The highest BCUT2D eigenvalue weighted by atomic mass is 16.4. The SMILES string of the molecule is CC(=CCn1ccc2cc(C)ccc21)C(=O)O. The lowest BCUT2D eigenvalue weighted by molar-refractivity contribution is -0.132. The van der Waals surface area contributed by atoms with Crippen LogP contribution in [0.1, 0.15) is 12.5 Å². The van der Waals surface area contributed by atoms with E-state index in [1.54, 1.807) is 13.0 Å². The number of rotatable bonds is 3. The number of allylic oxidation sites excluding steroid dienone is 1. The number of hydrogen-bond acceptors (Lipinski definition) is 1. The van der Waals surface area contributed by atoms with Crippen molar-refractivity contribution < 1.29 is 9.90 Å². The number of benzene rings is 1. The number of carboxylic acids is 1. The van der Waals surface area contributed by atoms with Gasteiger partial charge in [-0.05, 0) is 37.4 Å². The van der Waals surface area contributed by atoms with E-state index >= 15 is 0 Å². The van der Waals surface area contributed by atoms with E-state index in [0.29, 0.717) is 12.1 Å². The predicted molar refractivity (Wildman–Crippen MR) is 68.1 cm³/mol. The van der Waals surface area contributed by atoms with Gasteiger partial charge in [-0.15, -0.1) is 0 Å². The summed E-state index contributed by atoms with van der Waals surface area (Å²) in [6.45, 7) is 4.26. The van der Waals surface area contributed by atoms with Crippen LogP contribution in [0.25, 0.3) is 10.9 Å². The Hall–Kier alpha value is -2.03. The van der Waals surface area contributed by atoms with Gasteiger partial charge in [0.05, 0.1) is 0 Å². The molecule has 0 saturated heterocycles. The number of carbonyl (C=O) groups is 1. The fourth-order valence-corrected chi connectivity index (χ4v) is 1.80. The van der Waals surface area contributed by atoms with Crippen LogP contribution in [0.5, 0.6) is 0 Å². The minimum absolute atomic E-state index is 0.374. The molecule has 0 amide bonds. The van der Waals surface area contributed by atoms with Crippen LogP contribution in [0.2, 0.25) is 0 Å². The summed E-state index contributed by atoms with van der Waals surface area (Å²) in [5.41, 5.74) is 2.73. The maximum atomic E-state index is 10.7. The van der Waals surface area contributed by atoms with Crippen molar-refractivity contribution in [2.24, 2.45) is 0 Å². The molecule has 2 rings (SSSR count). The van der Waals surface area contributed by atoms with Crippen molar-refractivity contribution in [2.45, 2.75) is 20.4 Å². The topological polar surface area (TPSA) is 42.2 Å². The van der Waals surface area contributed by atoms with E-state index in [9.17, 15) is 4.79 Å². The largest absolute Gasteiger partial charge is 0.478 e.